The van der Waals surface area contributed by atoms with Crippen molar-refractivity contribution in [2.75, 3.05) is 24.5 Å². The topological polar surface area (TPSA) is 65.5 Å². The van der Waals surface area contributed by atoms with Gasteiger partial charge in [0.25, 0.3) is 0 Å². The molecule has 0 radical (unpaired) electrons. The van der Waals surface area contributed by atoms with Gasteiger partial charge in [-0.2, -0.15) is 0 Å². The van der Waals surface area contributed by atoms with Crippen LogP contribution >= 0.6 is 0 Å². The first-order valence-corrected chi connectivity index (χ1v) is 9.30. The van der Waals surface area contributed by atoms with E-state index in [9.17, 15) is 9.90 Å². The summed E-state index contributed by atoms with van der Waals surface area (Å²) < 4.78 is 0. The zero-order valence-corrected chi connectivity index (χ0v) is 14.4. The van der Waals surface area contributed by atoms with Crippen molar-refractivity contribution < 1.29 is 9.90 Å². The first-order chi connectivity index (χ1) is 11.6. The van der Waals surface area contributed by atoms with Gasteiger partial charge in [0, 0.05) is 32.3 Å². The molecule has 2 heterocycles. The molecule has 0 unspecified atom stereocenters. The summed E-state index contributed by atoms with van der Waals surface area (Å²) in [4.78, 5) is 18.6. The maximum Gasteiger partial charge on any atom is 0.220 e. The van der Waals surface area contributed by atoms with E-state index in [0.717, 1.165) is 37.5 Å². The second-order valence-corrected chi connectivity index (χ2v) is 7.40. The van der Waals surface area contributed by atoms with Gasteiger partial charge in [-0.15, -0.1) is 0 Å². The van der Waals surface area contributed by atoms with Crippen molar-refractivity contribution in [1.82, 2.24) is 10.3 Å². The van der Waals surface area contributed by atoms with Gasteiger partial charge in [0.1, 0.15) is 5.82 Å². The molecule has 5 heteroatoms. The Labute approximate surface area is 144 Å². The molecule has 1 saturated heterocycles. The Hall–Kier alpha value is -1.62. The van der Waals surface area contributed by atoms with E-state index in [2.05, 4.69) is 15.2 Å². The Bertz CT molecular complexity index is 531. The van der Waals surface area contributed by atoms with Crippen LogP contribution < -0.4 is 10.2 Å². The van der Waals surface area contributed by atoms with E-state index in [1.54, 1.807) is 6.20 Å². The largest absolute Gasteiger partial charge is 0.386 e. The van der Waals surface area contributed by atoms with E-state index >= 15 is 0 Å². The third-order valence-corrected chi connectivity index (χ3v) is 5.40. The van der Waals surface area contributed by atoms with Gasteiger partial charge in [-0.1, -0.05) is 31.7 Å². The molecule has 24 heavy (non-hydrogen) atoms. The number of piperidine rings is 1. The van der Waals surface area contributed by atoms with Gasteiger partial charge in [0.2, 0.25) is 5.91 Å². The van der Waals surface area contributed by atoms with Gasteiger partial charge in [0.15, 0.2) is 0 Å². The van der Waals surface area contributed by atoms with E-state index in [1.807, 2.05) is 18.2 Å². The zero-order chi connectivity index (χ0) is 16.8. The number of β-amino-alcohol motifs (C(OH)–C–C–N with tert-alkyl or cyclic N) is 1. The van der Waals surface area contributed by atoms with Crippen LogP contribution in [0.4, 0.5) is 5.82 Å². The number of aromatic nitrogens is 1. The summed E-state index contributed by atoms with van der Waals surface area (Å²) in [5.74, 6) is 1.70. The molecule has 0 aromatic carbocycles. The maximum absolute atomic E-state index is 12.1. The Morgan fingerprint density at radius 1 is 1.33 bits per heavy atom. The molecular weight excluding hydrogens is 302 g/mol. The summed E-state index contributed by atoms with van der Waals surface area (Å²) in [7, 11) is 0. The van der Waals surface area contributed by atoms with Crippen LogP contribution in [0.2, 0.25) is 0 Å². The molecule has 2 aliphatic rings. The van der Waals surface area contributed by atoms with Gasteiger partial charge in [-0.25, -0.2) is 4.98 Å². The standard InChI is InChI=1S/C19H29N3O2/c23-18(10-9-16-6-1-2-7-16)21-14-19(24)11-5-13-22(15-19)17-8-3-4-12-20-17/h3-4,8,12,16,24H,1-2,5-7,9-11,13-15H2,(H,21,23)/t19-/m0/s1. The van der Waals surface area contributed by atoms with Gasteiger partial charge in [-0.3, -0.25) is 4.79 Å². The molecule has 1 atom stereocenters. The number of amides is 1. The number of nitrogens with zero attached hydrogens (tertiary/aromatic N) is 2. The highest BCUT2D eigenvalue weighted by Gasteiger charge is 2.34. The number of pyridine rings is 1. The lowest BCUT2D eigenvalue weighted by Crippen LogP contribution is -2.54. The van der Waals surface area contributed by atoms with Crippen molar-refractivity contribution in [3.8, 4) is 0 Å². The summed E-state index contributed by atoms with van der Waals surface area (Å²) >= 11 is 0. The van der Waals surface area contributed by atoms with Crippen LogP contribution in [-0.4, -0.2) is 41.2 Å². The number of carbonyl (C=O) groups excluding carboxylic acids is 1. The van der Waals surface area contributed by atoms with Gasteiger partial charge >= 0.3 is 0 Å². The number of hydrogen-bond donors (Lipinski definition) is 2. The molecular formula is C19H29N3O2. The van der Waals surface area contributed by atoms with Crippen molar-refractivity contribution in [3.05, 3.63) is 24.4 Å². The van der Waals surface area contributed by atoms with Crippen molar-refractivity contribution in [2.24, 2.45) is 5.92 Å². The van der Waals surface area contributed by atoms with E-state index in [1.165, 1.54) is 25.7 Å². The highest BCUT2D eigenvalue weighted by molar-refractivity contribution is 5.75. The van der Waals surface area contributed by atoms with Crippen LogP contribution in [0.25, 0.3) is 0 Å². The smallest absolute Gasteiger partial charge is 0.220 e. The summed E-state index contributed by atoms with van der Waals surface area (Å²) in [5.41, 5.74) is -0.862. The lowest BCUT2D eigenvalue weighted by Gasteiger charge is -2.39. The molecule has 0 spiro atoms. The maximum atomic E-state index is 12.1. The molecule has 5 nitrogen and oxygen atoms in total. The number of anilines is 1. The number of rotatable bonds is 6. The molecule has 132 valence electrons. The Balaban J connectivity index is 1.45. The van der Waals surface area contributed by atoms with Crippen molar-refractivity contribution >= 4 is 11.7 Å². The van der Waals surface area contributed by atoms with Crippen molar-refractivity contribution in [2.45, 2.75) is 57.0 Å². The third-order valence-electron chi connectivity index (χ3n) is 5.40. The van der Waals surface area contributed by atoms with Gasteiger partial charge < -0.3 is 15.3 Å². The van der Waals surface area contributed by atoms with Gasteiger partial charge in [-0.05, 0) is 37.3 Å². The highest BCUT2D eigenvalue weighted by Crippen LogP contribution is 2.28. The SMILES string of the molecule is O=C(CCC1CCCC1)NC[C@@]1(O)CCCN(c2ccccn2)C1. The van der Waals surface area contributed by atoms with Crippen LogP contribution in [0.5, 0.6) is 0 Å². The molecule has 0 bridgehead atoms. The van der Waals surface area contributed by atoms with Crippen molar-refractivity contribution in [3.63, 3.8) is 0 Å². The number of aliphatic hydroxyl groups is 1. The molecule has 3 rings (SSSR count). The monoisotopic (exact) mass is 331 g/mol. The summed E-state index contributed by atoms with van der Waals surface area (Å²) in [5, 5.41) is 13.8. The van der Waals surface area contributed by atoms with Crippen LogP contribution in [0, 0.1) is 5.92 Å². The molecule has 2 fully saturated rings. The first-order valence-electron chi connectivity index (χ1n) is 9.30. The fourth-order valence-electron chi connectivity index (χ4n) is 3.98. The van der Waals surface area contributed by atoms with Crippen LogP contribution in [-0.2, 0) is 4.79 Å². The Morgan fingerprint density at radius 3 is 2.92 bits per heavy atom. The summed E-state index contributed by atoms with van der Waals surface area (Å²) in [6, 6.07) is 5.82. The van der Waals surface area contributed by atoms with E-state index < -0.39 is 5.60 Å². The summed E-state index contributed by atoms with van der Waals surface area (Å²) in [6.45, 7) is 1.75. The zero-order valence-electron chi connectivity index (χ0n) is 14.4. The van der Waals surface area contributed by atoms with Crippen molar-refractivity contribution in [1.29, 1.82) is 0 Å². The average molecular weight is 331 g/mol. The summed E-state index contributed by atoms with van der Waals surface area (Å²) in [6.07, 6.45) is 10.2. The first kappa shape index (κ1) is 17.2. The fourth-order valence-corrected chi connectivity index (χ4v) is 3.98. The molecule has 1 aromatic rings. The Morgan fingerprint density at radius 2 is 2.17 bits per heavy atom. The second-order valence-electron chi connectivity index (χ2n) is 7.40. The molecule has 1 aliphatic carbocycles. The minimum Gasteiger partial charge on any atom is -0.386 e. The van der Waals surface area contributed by atoms with Gasteiger partial charge in [0.05, 0.1) is 5.60 Å². The fraction of sp³-hybridized carbons (Fsp3) is 0.684. The Kier molecular flexibility index (Phi) is 5.72. The van der Waals surface area contributed by atoms with E-state index in [4.69, 9.17) is 0 Å². The molecule has 1 aromatic heterocycles. The quantitative estimate of drug-likeness (QED) is 0.840. The normalized spacial score (nSPS) is 25.0. The lowest BCUT2D eigenvalue weighted by atomic mass is 9.92. The van der Waals surface area contributed by atoms with E-state index in [0.29, 0.717) is 19.5 Å². The number of hydrogen-bond acceptors (Lipinski definition) is 4. The second kappa shape index (κ2) is 7.97. The predicted molar refractivity (Wildman–Crippen MR) is 94.8 cm³/mol. The molecule has 1 amide bonds. The minimum atomic E-state index is -0.862. The van der Waals surface area contributed by atoms with E-state index in [-0.39, 0.29) is 5.91 Å². The average Bonchev–Trinajstić information content (AvgIpc) is 3.13. The molecule has 1 saturated carbocycles. The third kappa shape index (κ3) is 4.69. The van der Waals surface area contributed by atoms with Crippen LogP contribution in [0.3, 0.4) is 0 Å². The predicted octanol–water partition coefficient (Wildman–Crippen LogP) is 2.50. The lowest BCUT2D eigenvalue weighted by molar-refractivity contribution is -0.122. The number of carbonyl (C=O) groups is 1. The highest BCUT2D eigenvalue weighted by atomic mass is 16.3. The number of nitrogens with one attached hydrogen (secondary N) is 1. The molecule has 2 N–H and O–H groups in total. The minimum absolute atomic E-state index is 0.0743. The molecule has 1 aliphatic heterocycles. The van der Waals surface area contributed by atoms with Crippen LogP contribution in [0.15, 0.2) is 24.4 Å². The van der Waals surface area contributed by atoms with Crippen LogP contribution in [0.1, 0.15) is 51.4 Å².